The molecule has 7 heteroatoms. The molecule has 0 atom stereocenters. The van der Waals surface area contributed by atoms with Crippen molar-refractivity contribution in [2.45, 2.75) is 6.36 Å². The van der Waals surface area contributed by atoms with E-state index in [0.29, 0.717) is 11.3 Å². The van der Waals surface area contributed by atoms with Gasteiger partial charge >= 0.3 is 6.36 Å². The summed E-state index contributed by atoms with van der Waals surface area (Å²) < 4.78 is 40.2. The molecular formula is C12H12F3N3O. The maximum atomic E-state index is 12.1. The fraction of sp³-hybridized carbons (Fsp3) is 0.250. The van der Waals surface area contributed by atoms with Crippen LogP contribution in [0.4, 0.5) is 13.2 Å². The van der Waals surface area contributed by atoms with Crippen LogP contribution in [-0.4, -0.2) is 25.4 Å². The summed E-state index contributed by atoms with van der Waals surface area (Å²) in [6.07, 6.45) is -1.36. The highest BCUT2D eigenvalue weighted by molar-refractivity contribution is 5.66. The normalized spacial score (nSPS) is 11.7. The zero-order valence-corrected chi connectivity index (χ0v) is 10.3. The second-order valence-electron chi connectivity index (χ2n) is 3.55. The summed E-state index contributed by atoms with van der Waals surface area (Å²) in [5, 5.41) is 11.6. The van der Waals surface area contributed by atoms with Crippen molar-refractivity contribution in [3.05, 3.63) is 36.0 Å². The van der Waals surface area contributed by atoms with E-state index in [0.717, 1.165) is 0 Å². The topological polar surface area (TPSA) is 48.3 Å². The number of nitriles is 1. The smallest absolute Gasteiger partial charge is 0.406 e. The molecule has 0 radical (unpaired) electrons. The molecule has 4 nitrogen and oxygen atoms in total. The first-order valence-electron chi connectivity index (χ1n) is 5.24. The minimum atomic E-state index is -4.74. The Bertz CT molecular complexity index is 506. The van der Waals surface area contributed by atoms with Gasteiger partial charge in [-0.15, -0.1) is 13.2 Å². The molecule has 1 aromatic rings. The molecule has 0 saturated carbocycles. The van der Waals surface area contributed by atoms with Gasteiger partial charge in [-0.05, 0) is 12.1 Å². The zero-order chi connectivity index (χ0) is 14.5. The zero-order valence-electron chi connectivity index (χ0n) is 10.3. The molecule has 0 aliphatic carbocycles. The van der Waals surface area contributed by atoms with Crippen LogP contribution in [0.2, 0.25) is 0 Å². The van der Waals surface area contributed by atoms with Gasteiger partial charge in [0.25, 0.3) is 0 Å². The Morgan fingerprint density at radius 2 is 2.16 bits per heavy atom. The van der Waals surface area contributed by atoms with E-state index >= 15 is 0 Å². The second-order valence-corrected chi connectivity index (χ2v) is 3.55. The number of alkyl halides is 3. The minimum Gasteiger partial charge on any atom is -0.406 e. The van der Waals surface area contributed by atoms with E-state index in [1.54, 1.807) is 13.1 Å². The number of benzene rings is 1. The fourth-order valence-corrected chi connectivity index (χ4v) is 1.42. The quantitative estimate of drug-likeness (QED) is 0.675. The molecule has 1 rings (SSSR count). The van der Waals surface area contributed by atoms with Crippen LogP contribution in [0.3, 0.4) is 0 Å². The average molecular weight is 271 g/mol. The summed E-state index contributed by atoms with van der Waals surface area (Å²) in [6, 6.07) is 5.41. The van der Waals surface area contributed by atoms with Crippen molar-refractivity contribution < 1.29 is 17.9 Å². The van der Waals surface area contributed by atoms with Crippen LogP contribution in [0.1, 0.15) is 5.56 Å². The number of ether oxygens (including phenoxy) is 1. The fourth-order valence-electron chi connectivity index (χ4n) is 1.42. The summed E-state index contributed by atoms with van der Waals surface area (Å²) in [4.78, 5) is 1.23. The maximum absolute atomic E-state index is 12.1. The molecular weight excluding hydrogens is 259 g/mol. The molecule has 0 amide bonds. The van der Waals surface area contributed by atoms with E-state index in [2.05, 4.69) is 10.1 Å². The maximum Gasteiger partial charge on any atom is 0.573 e. The Hall–Kier alpha value is -2.36. The Morgan fingerprint density at radius 3 is 2.68 bits per heavy atom. The lowest BCUT2D eigenvalue weighted by molar-refractivity contribution is -0.274. The molecule has 0 unspecified atom stereocenters. The van der Waals surface area contributed by atoms with Crippen LogP contribution >= 0.6 is 0 Å². The predicted octanol–water partition coefficient (Wildman–Crippen LogP) is 2.52. The first-order valence-corrected chi connectivity index (χ1v) is 5.24. The second kappa shape index (κ2) is 6.00. The molecule has 0 aromatic heterocycles. The van der Waals surface area contributed by atoms with Crippen LogP contribution in [0.5, 0.6) is 5.75 Å². The van der Waals surface area contributed by atoms with Gasteiger partial charge in [0.05, 0.1) is 5.70 Å². The van der Waals surface area contributed by atoms with Gasteiger partial charge in [-0.3, -0.25) is 4.90 Å². The lowest BCUT2D eigenvalue weighted by Gasteiger charge is -2.16. The van der Waals surface area contributed by atoms with Crippen LogP contribution in [-0.2, 0) is 0 Å². The summed E-state index contributed by atoms with van der Waals surface area (Å²) >= 11 is 0. The number of rotatable bonds is 4. The van der Waals surface area contributed by atoms with E-state index in [-0.39, 0.29) is 5.75 Å². The summed E-state index contributed by atoms with van der Waals surface area (Å²) in [6.45, 7) is 0. The molecule has 1 N–H and O–H groups in total. The summed E-state index contributed by atoms with van der Waals surface area (Å²) in [7, 11) is 3.13. The molecule has 0 saturated heterocycles. The third-order valence-electron chi connectivity index (χ3n) is 2.16. The highest BCUT2D eigenvalue weighted by Crippen LogP contribution is 2.26. The van der Waals surface area contributed by atoms with Gasteiger partial charge in [-0.2, -0.15) is 5.26 Å². The lowest BCUT2D eigenvalue weighted by atomic mass is 10.1. The number of hydrogen-bond acceptors (Lipinski definition) is 4. The Balaban J connectivity index is 3.10. The third-order valence-corrected chi connectivity index (χ3v) is 2.16. The molecule has 1 aromatic carbocycles. The van der Waals surface area contributed by atoms with E-state index in [1.807, 2.05) is 6.19 Å². The summed E-state index contributed by atoms with van der Waals surface area (Å²) in [5.74, 6) is -0.335. The van der Waals surface area contributed by atoms with E-state index in [1.165, 1.54) is 36.3 Å². The summed E-state index contributed by atoms with van der Waals surface area (Å²) in [5.41, 5.74) is 0.859. The Morgan fingerprint density at radius 1 is 1.47 bits per heavy atom. The molecule has 0 spiro atoms. The molecule has 0 bridgehead atoms. The van der Waals surface area contributed by atoms with Crippen molar-refractivity contribution >= 4 is 5.70 Å². The van der Waals surface area contributed by atoms with Crippen molar-refractivity contribution in [1.82, 2.24) is 10.2 Å². The molecule has 0 aliphatic heterocycles. The van der Waals surface area contributed by atoms with Gasteiger partial charge in [0, 0.05) is 25.9 Å². The number of nitrogens with zero attached hydrogens (tertiary/aromatic N) is 2. The number of nitrogens with one attached hydrogen (secondary N) is 1. The monoisotopic (exact) mass is 271 g/mol. The highest BCUT2D eigenvalue weighted by atomic mass is 19.4. The first-order chi connectivity index (χ1) is 8.87. The molecule has 0 fully saturated rings. The Labute approximate surface area is 108 Å². The third kappa shape index (κ3) is 4.43. The van der Waals surface area contributed by atoms with Crippen LogP contribution in [0.15, 0.2) is 30.5 Å². The van der Waals surface area contributed by atoms with E-state index in [4.69, 9.17) is 5.26 Å². The first kappa shape index (κ1) is 14.7. The van der Waals surface area contributed by atoms with Crippen molar-refractivity contribution in [1.29, 1.82) is 5.26 Å². The van der Waals surface area contributed by atoms with Gasteiger partial charge in [-0.25, -0.2) is 0 Å². The van der Waals surface area contributed by atoms with Gasteiger partial charge < -0.3 is 10.1 Å². The Kier molecular flexibility index (Phi) is 4.64. The molecule has 0 heterocycles. The SMILES string of the molecule is CN/C=C(/c1cccc(OC(F)(F)F)c1)N(C)C#N. The van der Waals surface area contributed by atoms with Crippen molar-refractivity contribution in [3.63, 3.8) is 0 Å². The van der Waals surface area contributed by atoms with Crippen molar-refractivity contribution in [2.75, 3.05) is 14.1 Å². The van der Waals surface area contributed by atoms with Gasteiger partial charge in [-0.1, -0.05) is 12.1 Å². The number of hydrogen-bond donors (Lipinski definition) is 1. The van der Waals surface area contributed by atoms with E-state index in [9.17, 15) is 13.2 Å². The predicted molar refractivity (Wildman–Crippen MR) is 63.5 cm³/mol. The average Bonchev–Trinajstić information content (AvgIpc) is 2.33. The van der Waals surface area contributed by atoms with Gasteiger partial charge in [0.1, 0.15) is 5.75 Å². The van der Waals surface area contributed by atoms with Crippen molar-refractivity contribution in [3.8, 4) is 11.9 Å². The number of halogens is 3. The van der Waals surface area contributed by atoms with E-state index < -0.39 is 6.36 Å². The molecule has 19 heavy (non-hydrogen) atoms. The van der Waals surface area contributed by atoms with Gasteiger partial charge in [0.15, 0.2) is 6.19 Å². The van der Waals surface area contributed by atoms with Crippen LogP contribution in [0.25, 0.3) is 5.70 Å². The standard InChI is InChI=1S/C12H12F3N3O/c1-17-7-11(18(2)8-16)9-4-3-5-10(6-9)19-12(13,14)15/h3-7,17H,1-2H3/b11-7-. The molecule has 102 valence electrons. The lowest BCUT2D eigenvalue weighted by Crippen LogP contribution is -2.17. The van der Waals surface area contributed by atoms with Crippen molar-refractivity contribution in [2.24, 2.45) is 0 Å². The van der Waals surface area contributed by atoms with Crippen LogP contribution in [0, 0.1) is 11.5 Å². The molecule has 0 aliphatic rings. The van der Waals surface area contributed by atoms with Gasteiger partial charge in [0.2, 0.25) is 0 Å². The largest absolute Gasteiger partial charge is 0.573 e. The minimum absolute atomic E-state index is 0.335. The van der Waals surface area contributed by atoms with Crippen LogP contribution < -0.4 is 10.1 Å². The highest BCUT2D eigenvalue weighted by Gasteiger charge is 2.31.